The van der Waals surface area contributed by atoms with Gasteiger partial charge in [0, 0.05) is 18.0 Å². The highest BCUT2D eigenvalue weighted by molar-refractivity contribution is 6.07. The maximum atomic E-state index is 9.34. The predicted molar refractivity (Wildman–Crippen MR) is 110 cm³/mol. The van der Waals surface area contributed by atoms with Crippen molar-refractivity contribution in [2.75, 3.05) is 20.6 Å². The average molecular weight is 357 g/mol. The van der Waals surface area contributed by atoms with Gasteiger partial charge in [0.2, 0.25) is 0 Å². The topological polar surface area (TPSA) is 57.7 Å². The highest BCUT2D eigenvalue weighted by Gasteiger charge is 2.19. The first-order valence-corrected chi connectivity index (χ1v) is 9.16. The zero-order valence-corrected chi connectivity index (χ0v) is 16.4. The lowest BCUT2D eigenvalue weighted by Gasteiger charge is -2.20. The second kappa shape index (κ2) is 6.33. The molecule has 0 spiro atoms. The van der Waals surface area contributed by atoms with E-state index in [9.17, 15) is 5.26 Å². The van der Waals surface area contributed by atoms with Crippen molar-refractivity contribution in [2.24, 2.45) is 0 Å². The first kappa shape index (κ1) is 17.4. The molecule has 2 heterocycles. The minimum absolute atomic E-state index is 0.228. The minimum Gasteiger partial charge on any atom is -0.320 e. The summed E-state index contributed by atoms with van der Waals surface area (Å²) >= 11 is 0. The quantitative estimate of drug-likeness (QED) is 0.547. The van der Waals surface area contributed by atoms with E-state index in [-0.39, 0.29) is 6.04 Å². The Morgan fingerprint density at radius 2 is 1.74 bits per heavy atom. The Morgan fingerprint density at radius 1 is 1.07 bits per heavy atom. The molecule has 0 saturated carbocycles. The van der Waals surface area contributed by atoms with E-state index in [1.165, 1.54) is 11.1 Å². The van der Waals surface area contributed by atoms with Crippen LogP contribution < -0.4 is 0 Å². The molecular weight excluding hydrogens is 334 g/mol. The Labute approximate surface area is 158 Å². The molecule has 5 heteroatoms. The van der Waals surface area contributed by atoms with Crippen LogP contribution in [-0.4, -0.2) is 40.1 Å². The van der Waals surface area contributed by atoms with Gasteiger partial charge in [0.25, 0.3) is 0 Å². The Hall–Kier alpha value is -2.97. The molecule has 4 aromatic rings. The molecule has 0 aliphatic rings. The molecule has 0 radical (unpaired) electrons. The van der Waals surface area contributed by atoms with Gasteiger partial charge in [-0.3, -0.25) is 0 Å². The third-order valence-electron chi connectivity index (χ3n) is 5.20. The zero-order chi connectivity index (χ0) is 19.3. The Morgan fingerprint density at radius 3 is 2.37 bits per heavy atom. The van der Waals surface area contributed by atoms with Gasteiger partial charge in [-0.1, -0.05) is 0 Å². The summed E-state index contributed by atoms with van der Waals surface area (Å²) in [4.78, 5) is 12.1. The molecule has 1 unspecified atom stereocenters. The summed E-state index contributed by atoms with van der Waals surface area (Å²) in [7, 11) is 4.15. The van der Waals surface area contributed by atoms with E-state index in [0.29, 0.717) is 5.56 Å². The van der Waals surface area contributed by atoms with Gasteiger partial charge in [-0.15, -0.1) is 0 Å². The Bertz CT molecular complexity index is 1230. The van der Waals surface area contributed by atoms with Crippen LogP contribution in [0.25, 0.3) is 33.1 Å². The molecule has 2 aromatic carbocycles. The first-order valence-electron chi connectivity index (χ1n) is 9.16. The summed E-state index contributed by atoms with van der Waals surface area (Å²) in [6.07, 6.45) is 0. The van der Waals surface area contributed by atoms with Crippen LogP contribution in [0.3, 0.4) is 0 Å². The molecule has 1 atom stereocenters. The second-order valence-corrected chi connectivity index (χ2v) is 7.65. The second-order valence-electron chi connectivity index (χ2n) is 7.65. The molecule has 136 valence electrons. The van der Waals surface area contributed by atoms with Crippen molar-refractivity contribution in [1.82, 2.24) is 19.4 Å². The summed E-state index contributed by atoms with van der Waals surface area (Å²) < 4.78 is 2.26. The monoisotopic (exact) mass is 357 g/mol. The zero-order valence-electron chi connectivity index (χ0n) is 16.4. The van der Waals surface area contributed by atoms with Crippen LogP contribution in [0.1, 0.15) is 29.7 Å². The SMILES string of the molecule is Cc1cc2nc3c4cc(C#N)ccc4n(C(C)CN(C)C)c3nc2cc1C. The molecule has 0 amide bonds. The van der Waals surface area contributed by atoms with E-state index >= 15 is 0 Å². The number of aromatic nitrogens is 3. The summed E-state index contributed by atoms with van der Waals surface area (Å²) in [5.41, 5.74) is 7.68. The molecule has 0 fully saturated rings. The predicted octanol–water partition coefficient (Wildman–Crippen LogP) is 4.35. The van der Waals surface area contributed by atoms with Gasteiger partial charge in [0.1, 0.15) is 5.52 Å². The number of fused-ring (bicyclic) bond motifs is 4. The van der Waals surface area contributed by atoms with Crippen LogP contribution in [0.15, 0.2) is 30.3 Å². The third-order valence-corrected chi connectivity index (χ3v) is 5.20. The van der Waals surface area contributed by atoms with E-state index in [1.807, 2.05) is 18.2 Å². The summed E-state index contributed by atoms with van der Waals surface area (Å²) in [5, 5.41) is 10.3. The number of nitrogens with zero attached hydrogens (tertiary/aromatic N) is 5. The van der Waals surface area contributed by atoms with Crippen molar-refractivity contribution in [3.63, 3.8) is 0 Å². The highest BCUT2D eigenvalue weighted by Crippen LogP contribution is 2.32. The number of hydrogen-bond donors (Lipinski definition) is 0. The van der Waals surface area contributed by atoms with Crippen molar-refractivity contribution < 1.29 is 0 Å². The fourth-order valence-corrected chi connectivity index (χ4v) is 3.83. The van der Waals surface area contributed by atoms with Crippen LogP contribution >= 0.6 is 0 Å². The molecule has 0 bridgehead atoms. The number of aryl methyl sites for hydroxylation is 2. The van der Waals surface area contributed by atoms with Crippen molar-refractivity contribution in [3.05, 3.63) is 47.0 Å². The number of rotatable bonds is 3. The van der Waals surface area contributed by atoms with E-state index in [4.69, 9.17) is 9.97 Å². The van der Waals surface area contributed by atoms with Crippen molar-refractivity contribution >= 4 is 33.1 Å². The maximum Gasteiger partial charge on any atom is 0.160 e. The van der Waals surface area contributed by atoms with Crippen LogP contribution in [0, 0.1) is 25.2 Å². The number of benzene rings is 2. The van der Waals surface area contributed by atoms with Gasteiger partial charge < -0.3 is 9.47 Å². The summed E-state index contributed by atoms with van der Waals surface area (Å²) in [6, 6.07) is 12.5. The van der Waals surface area contributed by atoms with Crippen LogP contribution in [0.4, 0.5) is 0 Å². The highest BCUT2D eigenvalue weighted by atomic mass is 15.1. The van der Waals surface area contributed by atoms with Crippen LogP contribution in [0.5, 0.6) is 0 Å². The smallest absolute Gasteiger partial charge is 0.160 e. The average Bonchev–Trinajstić information content (AvgIpc) is 2.93. The molecule has 0 aliphatic carbocycles. The van der Waals surface area contributed by atoms with Gasteiger partial charge in [-0.05, 0) is 76.3 Å². The molecule has 27 heavy (non-hydrogen) atoms. The largest absolute Gasteiger partial charge is 0.320 e. The molecule has 0 N–H and O–H groups in total. The van der Waals surface area contributed by atoms with Crippen LogP contribution in [0.2, 0.25) is 0 Å². The molecule has 4 rings (SSSR count). The molecule has 0 aliphatic heterocycles. The lowest BCUT2D eigenvalue weighted by molar-refractivity contribution is 0.344. The molecular formula is C22H23N5. The third kappa shape index (κ3) is 2.83. The summed E-state index contributed by atoms with van der Waals surface area (Å²) in [5.74, 6) is 0. The number of likely N-dealkylation sites (N-methyl/N-ethyl adjacent to an activating group) is 1. The van der Waals surface area contributed by atoms with Gasteiger partial charge >= 0.3 is 0 Å². The van der Waals surface area contributed by atoms with Gasteiger partial charge in [-0.2, -0.15) is 5.26 Å². The molecule has 5 nitrogen and oxygen atoms in total. The normalized spacial score (nSPS) is 12.9. The minimum atomic E-state index is 0.228. The molecule has 2 aromatic heterocycles. The van der Waals surface area contributed by atoms with Gasteiger partial charge in [0.05, 0.1) is 28.2 Å². The number of nitriles is 1. The van der Waals surface area contributed by atoms with E-state index < -0.39 is 0 Å². The summed E-state index contributed by atoms with van der Waals surface area (Å²) in [6.45, 7) is 7.29. The van der Waals surface area contributed by atoms with E-state index in [2.05, 4.69) is 62.5 Å². The Kier molecular flexibility index (Phi) is 4.09. The lowest BCUT2D eigenvalue weighted by atomic mass is 10.1. The van der Waals surface area contributed by atoms with Gasteiger partial charge in [0.15, 0.2) is 5.65 Å². The first-order chi connectivity index (χ1) is 12.9. The Balaban J connectivity index is 2.13. The van der Waals surface area contributed by atoms with E-state index in [0.717, 1.165) is 39.6 Å². The lowest BCUT2D eigenvalue weighted by Crippen LogP contribution is -2.22. The van der Waals surface area contributed by atoms with Crippen LogP contribution in [-0.2, 0) is 0 Å². The van der Waals surface area contributed by atoms with Crippen molar-refractivity contribution in [3.8, 4) is 6.07 Å². The molecule has 0 saturated heterocycles. The fraction of sp³-hybridized carbons (Fsp3) is 0.318. The maximum absolute atomic E-state index is 9.34. The fourth-order valence-electron chi connectivity index (χ4n) is 3.83. The van der Waals surface area contributed by atoms with Crippen molar-refractivity contribution in [1.29, 1.82) is 5.26 Å². The van der Waals surface area contributed by atoms with E-state index in [1.54, 1.807) is 0 Å². The standard InChI is InChI=1S/C22H23N5/c1-13-8-18-19(9-14(13)2)25-22-21(24-18)17-10-16(11-23)6-7-20(17)27(22)15(3)12-26(4)5/h6-10,15H,12H2,1-5H3. The van der Waals surface area contributed by atoms with Crippen molar-refractivity contribution in [2.45, 2.75) is 26.8 Å². The number of hydrogen-bond acceptors (Lipinski definition) is 4. The van der Waals surface area contributed by atoms with Gasteiger partial charge in [-0.25, -0.2) is 9.97 Å².